The van der Waals surface area contributed by atoms with Gasteiger partial charge >= 0.3 is 6.09 Å². The van der Waals surface area contributed by atoms with E-state index in [4.69, 9.17) is 9.47 Å². The third-order valence-corrected chi connectivity index (χ3v) is 4.05. The molecule has 6 heteroatoms. The third-order valence-electron chi connectivity index (χ3n) is 3.58. The van der Waals surface area contributed by atoms with E-state index in [1.54, 1.807) is 11.1 Å². The number of ether oxygens (including phenoxy) is 2. The average Bonchev–Trinajstić information content (AvgIpc) is 2.48. The molecule has 0 saturated carbocycles. The molecule has 0 spiro atoms. The van der Waals surface area contributed by atoms with Crippen LogP contribution in [0.3, 0.4) is 0 Å². The molecule has 0 aromatic carbocycles. The Bertz CT molecular complexity index is 514. The largest absolute Gasteiger partial charge is 0.444 e. The van der Waals surface area contributed by atoms with Gasteiger partial charge in [-0.2, -0.15) is 0 Å². The highest BCUT2D eigenvalue weighted by atomic mass is 79.9. The maximum absolute atomic E-state index is 12.1. The van der Waals surface area contributed by atoms with Crippen molar-refractivity contribution >= 4 is 22.0 Å². The van der Waals surface area contributed by atoms with Crippen molar-refractivity contribution in [3.63, 3.8) is 0 Å². The summed E-state index contributed by atoms with van der Waals surface area (Å²) in [5.41, 5.74) is 0.600. The van der Waals surface area contributed by atoms with Gasteiger partial charge in [-0.05, 0) is 61.2 Å². The van der Waals surface area contributed by atoms with Crippen LogP contribution in [0.15, 0.2) is 22.9 Å². The Labute approximate surface area is 146 Å². The number of rotatable bonds is 4. The SMILES string of the molecule is CC(C)(C)OC(=O)N1CCC[C@@H](COCc2ccc(Br)nc2)C1. The minimum absolute atomic E-state index is 0.223. The minimum atomic E-state index is -0.449. The molecule has 1 aromatic rings. The molecule has 1 saturated heterocycles. The molecule has 0 N–H and O–H groups in total. The summed E-state index contributed by atoms with van der Waals surface area (Å²) in [4.78, 5) is 18.1. The molecule has 1 aliphatic rings. The fraction of sp³-hybridized carbons (Fsp3) is 0.647. The van der Waals surface area contributed by atoms with E-state index in [2.05, 4.69) is 20.9 Å². The van der Waals surface area contributed by atoms with Gasteiger partial charge in [-0.3, -0.25) is 0 Å². The molecule has 1 aliphatic heterocycles. The molecule has 1 fully saturated rings. The number of carbonyl (C=O) groups excluding carboxylic acids is 1. The summed E-state index contributed by atoms with van der Waals surface area (Å²) in [6.07, 6.45) is 3.66. The number of aromatic nitrogens is 1. The van der Waals surface area contributed by atoms with E-state index in [9.17, 15) is 4.79 Å². The summed E-state index contributed by atoms with van der Waals surface area (Å²) in [5, 5.41) is 0. The summed E-state index contributed by atoms with van der Waals surface area (Å²) < 4.78 is 12.1. The van der Waals surface area contributed by atoms with Gasteiger partial charge in [0.15, 0.2) is 0 Å². The molecule has 0 aliphatic carbocycles. The highest BCUT2D eigenvalue weighted by Crippen LogP contribution is 2.20. The normalized spacial score (nSPS) is 18.8. The zero-order valence-corrected chi connectivity index (χ0v) is 15.6. The van der Waals surface area contributed by atoms with Crippen LogP contribution in [0.2, 0.25) is 0 Å². The lowest BCUT2D eigenvalue weighted by molar-refractivity contribution is 0.00591. The molecule has 2 rings (SSSR count). The fourth-order valence-electron chi connectivity index (χ4n) is 2.53. The smallest absolute Gasteiger partial charge is 0.410 e. The van der Waals surface area contributed by atoms with Crippen LogP contribution >= 0.6 is 15.9 Å². The standard InChI is InChI=1S/C17H25BrN2O3/c1-17(2,3)23-16(21)20-8-4-5-14(10-20)12-22-11-13-6-7-15(18)19-9-13/h6-7,9,14H,4-5,8,10-12H2,1-3H3/t14-/m1/s1. The number of pyridine rings is 1. The summed E-state index contributed by atoms with van der Waals surface area (Å²) >= 11 is 3.32. The first-order valence-electron chi connectivity index (χ1n) is 7.99. The van der Waals surface area contributed by atoms with Crippen LogP contribution in [0.25, 0.3) is 0 Å². The first-order chi connectivity index (χ1) is 10.8. The summed E-state index contributed by atoms with van der Waals surface area (Å²) in [6, 6.07) is 3.90. The van der Waals surface area contributed by atoms with Gasteiger partial charge in [0.25, 0.3) is 0 Å². The molecule has 128 valence electrons. The van der Waals surface area contributed by atoms with Gasteiger partial charge in [-0.25, -0.2) is 9.78 Å². The lowest BCUT2D eigenvalue weighted by Crippen LogP contribution is -2.43. The second-order valence-corrected chi connectivity index (χ2v) is 7.75. The first kappa shape index (κ1) is 18.2. The van der Waals surface area contributed by atoms with Crippen molar-refractivity contribution in [2.45, 2.75) is 45.8 Å². The fourth-order valence-corrected chi connectivity index (χ4v) is 2.76. The number of likely N-dealkylation sites (tertiary alicyclic amines) is 1. The van der Waals surface area contributed by atoms with E-state index in [1.165, 1.54) is 0 Å². The Balaban J connectivity index is 1.75. The molecule has 2 heterocycles. The zero-order valence-electron chi connectivity index (χ0n) is 14.0. The lowest BCUT2D eigenvalue weighted by atomic mass is 9.99. The van der Waals surface area contributed by atoms with Crippen molar-refractivity contribution in [2.75, 3.05) is 19.7 Å². The second kappa shape index (κ2) is 8.11. The molecule has 1 amide bonds. The first-order valence-corrected chi connectivity index (χ1v) is 8.79. The lowest BCUT2D eigenvalue weighted by Gasteiger charge is -2.34. The van der Waals surface area contributed by atoms with Crippen molar-refractivity contribution in [3.05, 3.63) is 28.5 Å². The minimum Gasteiger partial charge on any atom is -0.444 e. The molecule has 0 unspecified atom stereocenters. The second-order valence-electron chi connectivity index (χ2n) is 6.94. The van der Waals surface area contributed by atoms with Gasteiger partial charge in [-0.15, -0.1) is 0 Å². The van der Waals surface area contributed by atoms with Crippen molar-refractivity contribution in [1.29, 1.82) is 0 Å². The van der Waals surface area contributed by atoms with E-state index >= 15 is 0 Å². The van der Waals surface area contributed by atoms with Gasteiger partial charge in [-0.1, -0.05) is 6.07 Å². The number of amides is 1. The van der Waals surface area contributed by atoms with Crippen LogP contribution in [-0.4, -0.2) is 41.3 Å². The highest BCUT2D eigenvalue weighted by molar-refractivity contribution is 9.10. The van der Waals surface area contributed by atoms with E-state index in [0.717, 1.165) is 29.6 Å². The van der Waals surface area contributed by atoms with Crippen LogP contribution in [0.4, 0.5) is 4.79 Å². The number of hydrogen-bond acceptors (Lipinski definition) is 4. The molecule has 0 bridgehead atoms. The highest BCUT2D eigenvalue weighted by Gasteiger charge is 2.27. The Morgan fingerprint density at radius 3 is 2.87 bits per heavy atom. The van der Waals surface area contributed by atoms with Gasteiger partial charge in [0.05, 0.1) is 13.2 Å². The molecular weight excluding hydrogens is 360 g/mol. The predicted molar refractivity (Wildman–Crippen MR) is 92.1 cm³/mol. The topological polar surface area (TPSA) is 51.7 Å². The van der Waals surface area contributed by atoms with E-state index in [-0.39, 0.29) is 6.09 Å². The summed E-state index contributed by atoms with van der Waals surface area (Å²) in [6.45, 7) is 8.33. The van der Waals surface area contributed by atoms with E-state index < -0.39 is 5.60 Å². The van der Waals surface area contributed by atoms with E-state index in [0.29, 0.717) is 25.7 Å². The number of piperidine rings is 1. The molecular formula is C17H25BrN2O3. The average molecular weight is 385 g/mol. The third kappa shape index (κ3) is 6.47. The molecule has 5 nitrogen and oxygen atoms in total. The monoisotopic (exact) mass is 384 g/mol. The molecule has 1 atom stereocenters. The molecule has 1 aromatic heterocycles. The van der Waals surface area contributed by atoms with Gasteiger partial charge in [0, 0.05) is 25.2 Å². The van der Waals surface area contributed by atoms with Crippen LogP contribution < -0.4 is 0 Å². The van der Waals surface area contributed by atoms with Crippen LogP contribution in [0, 0.1) is 5.92 Å². The van der Waals surface area contributed by atoms with Crippen LogP contribution in [0.1, 0.15) is 39.2 Å². The summed E-state index contributed by atoms with van der Waals surface area (Å²) in [5.74, 6) is 0.361. The van der Waals surface area contributed by atoms with Crippen molar-refractivity contribution in [2.24, 2.45) is 5.92 Å². The van der Waals surface area contributed by atoms with Crippen molar-refractivity contribution < 1.29 is 14.3 Å². The number of carbonyl (C=O) groups is 1. The number of nitrogens with zero attached hydrogens (tertiary/aromatic N) is 2. The quantitative estimate of drug-likeness (QED) is 0.735. The molecule has 23 heavy (non-hydrogen) atoms. The predicted octanol–water partition coefficient (Wildman–Crippen LogP) is 4.01. The Kier molecular flexibility index (Phi) is 6.41. The van der Waals surface area contributed by atoms with Gasteiger partial charge in [0.2, 0.25) is 0 Å². The maximum Gasteiger partial charge on any atom is 0.410 e. The van der Waals surface area contributed by atoms with Crippen molar-refractivity contribution in [3.8, 4) is 0 Å². The number of hydrogen-bond donors (Lipinski definition) is 0. The van der Waals surface area contributed by atoms with Gasteiger partial charge in [0.1, 0.15) is 10.2 Å². The maximum atomic E-state index is 12.1. The van der Waals surface area contributed by atoms with Gasteiger partial charge < -0.3 is 14.4 Å². The zero-order chi connectivity index (χ0) is 16.9. The Morgan fingerprint density at radius 2 is 2.22 bits per heavy atom. The Hall–Kier alpha value is -1.14. The van der Waals surface area contributed by atoms with Crippen molar-refractivity contribution in [1.82, 2.24) is 9.88 Å². The van der Waals surface area contributed by atoms with Crippen LogP contribution in [0.5, 0.6) is 0 Å². The summed E-state index contributed by atoms with van der Waals surface area (Å²) in [7, 11) is 0. The molecule has 0 radical (unpaired) electrons. The van der Waals surface area contributed by atoms with E-state index in [1.807, 2.05) is 32.9 Å². The van der Waals surface area contributed by atoms with Crippen LogP contribution in [-0.2, 0) is 16.1 Å². The number of halogens is 1. The Morgan fingerprint density at radius 1 is 1.43 bits per heavy atom.